The van der Waals surface area contributed by atoms with Crippen LogP contribution in [0.15, 0.2) is 54.7 Å². The minimum Gasteiger partial charge on any atom is -0.435 e. The Morgan fingerprint density at radius 3 is 2.66 bits per heavy atom. The van der Waals surface area contributed by atoms with Gasteiger partial charge in [-0.25, -0.2) is 9.97 Å². The Bertz CT molecular complexity index is 1040. The molecule has 0 bridgehead atoms. The molecule has 0 saturated heterocycles. The first kappa shape index (κ1) is 22.3. The molecule has 2 heterocycles. The second-order valence-corrected chi connectivity index (χ2v) is 8.22. The fourth-order valence-corrected chi connectivity index (χ4v) is 4.08. The summed E-state index contributed by atoms with van der Waals surface area (Å²) < 4.78 is 29.3. The summed E-state index contributed by atoms with van der Waals surface area (Å²) in [6.07, 6.45) is 7.74. The van der Waals surface area contributed by atoms with Gasteiger partial charge in [-0.05, 0) is 48.7 Å². The Morgan fingerprint density at radius 2 is 1.84 bits per heavy atom. The Morgan fingerprint density at radius 1 is 1.03 bits per heavy atom. The molecule has 0 spiro atoms. The van der Waals surface area contributed by atoms with Gasteiger partial charge in [-0.3, -0.25) is 0 Å². The van der Waals surface area contributed by atoms with E-state index < -0.39 is 6.61 Å². The van der Waals surface area contributed by atoms with Gasteiger partial charge in [0.2, 0.25) is 0 Å². The molecule has 4 rings (SSSR count). The van der Waals surface area contributed by atoms with Crippen LogP contribution in [0.5, 0.6) is 5.75 Å². The summed E-state index contributed by atoms with van der Waals surface area (Å²) in [5.74, 6) is 1.58. The van der Waals surface area contributed by atoms with Gasteiger partial charge in [-0.2, -0.15) is 8.78 Å². The summed E-state index contributed by atoms with van der Waals surface area (Å²) >= 11 is 6.43. The van der Waals surface area contributed by atoms with Crippen molar-refractivity contribution in [2.24, 2.45) is 0 Å². The number of nitrogens with zero attached hydrogens (tertiary/aromatic N) is 2. The Labute approximate surface area is 191 Å². The summed E-state index contributed by atoms with van der Waals surface area (Å²) in [6, 6.07) is 14.6. The van der Waals surface area contributed by atoms with Crippen molar-refractivity contribution in [2.75, 3.05) is 10.6 Å². The second kappa shape index (κ2) is 10.6. The van der Waals surface area contributed by atoms with Gasteiger partial charge in [-0.15, -0.1) is 0 Å². The van der Waals surface area contributed by atoms with Gasteiger partial charge in [0.05, 0.1) is 10.7 Å². The highest BCUT2D eigenvalue weighted by molar-refractivity contribution is 6.33. The molecule has 2 N–H and O–H groups in total. The molecule has 0 atom stereocenters. The largest absolute Gasteiger partial charge is 0.435 e. The highest BCUT2D eigenvalue weighted by Crippen LogP contribution is 2.30. The third-order valence-corrected chi connectivity index (χ3v) is 5.74. The maximum Gasteiger partial charge on any atom is 0.387 e. The van der Waals surface area contributed by atoms with Crippen LogP contribution in [0.25, 0.3) is 11.3 Å². The number of pyridine rings is 2. The zero-order valence-corrected chi connectivity index (χ0v) is 18.3. The number of rotatable bonds is 8. The van der Waals surface area contributed by atoms with E-state index in [0.29, 0.717) is 23.4 Å². The lowest BCUT2D eigenvalue weighted by Crippen LogP contribution is -2.22. The quantitative estimate of drug-likeness (QED) is 0.390. The van der Waals surface area contributed by atoms with Crippen molar-refractivity contribution in [2.45, 2.75) is 51.3 Å². The number of ether oxygens (including phenoxy) is 1. The van der Waals surface area contributed by atoms with Gasteiger partial charge in [0.25, 0.3) is 0 Å². The third kappa shape index (κ3) is 6.07. The summed E-state index contributed by atoms with van der Waals surface area (Å²) in [4.78, 5) is 9.11. The van der Waals surface area contributed by atoms with E-state index in [1.165, 1.54) is 25.3 Å². The smallest absolute Gasteiger partial charge is 0.387 e. The standard InChI is InChI=1S/C24H25ClF2N4O/c25-20-15-29-23(30-17-7-2-1-3-8-17)13-19(20)21-10-5-11-22(31-21)28-14-16-6-4-9-18(12-16)32-24(26)27/h4-6,9-13,15,17,24H,1-3,7-8,14H2,(H,28,31)(H,29,30). The lowest BCUT2D eigenvalue weighted by Gasteiger charge is -2.23. The van der Waals surface area contributed by atoms with Crippen LogP contribution in [0.4, 0.5) is 20.4 Å². The molecule has 2 aromatic heterocycles. The zero-order valence-electron chi connectivity index (χ0n) is 17.5. The number of aromatic nitrogens is 2. The Hall–Kier alpha value is -2.93. The molecule has 1 aliphatic rings. The van der Waals surface area contributed by atoms with Crippen LogP contribution in [0.2, 0.25) is 5.02 Å². The van der Waals surface area contributed by atoms with Gasteiger partial charge >= 0.3 is 6.61 Å². The summed E-state index contributed by atoms with van der Waals surface area (Å²) in [5.41, 5.74) is 2.33. The van der Waals surface area contributed by atoms with Crippen LogP contribution in [0, 0.1) is 0 Å². The van der Waals surface area contributed by atoms with E-state index in [0.717, 1.165) is 35.5 Å². The first-order valence-electron chi connectivity index (χ1n) is 10.7. The summed E-state index contributed by atoms with van der Waals surface area (Å²) in [7, 11) is 0. The van der Waals surface area contributed by atoms with Crippen LogP contribution in [-0.2, 0) is 6.54 Å². The zero-order chi connectivity index (χ0) is 22.3. The van der Waals surface area contributed by atoms with Crippen molar-refractivity contribution < 1.29 is 13.5 Å². The number of benzene rings is 1. The lowest BCUT2D eigenvalue weighted by molar-refractivity contribution is -0.0498. The summed E-state index contributed by atoms with van der Waals surface area (Å²) in [5, 5.41) is 7.27. The van der Waals surface area contributed by atoms with Crippen LogP contribution in [0.1, 0.15) is 37.7 Å². The molecule has 168 valence electrons. The van der Waals surface area contributed by atoms with Crippen LogP contribution in [0.3, 0.4) is 0 Å². The SMILES string of the molecule is FC(F)Oc1cccc(CNc2cccc(-c3cc(NC4CCCCC4)ncc3Cl)n2)c1. The van der Waals surface area contributed by atoms with E-state index in [1.807, 2.05) is 30.3 Å². The van der Waals surface area contributed by atoms with E-state index >= 15 is 0 Å². The molecular weight excluding hydrogens is 434 g/mol. The van der Waals surface area contributed by atoms with Gasteiger partial charge in [0.15, 0.2) is 0 Å². The molecule has 1 saturated carbocycles. The molecule has 0 amide bonds. The highest BCUT2D eigenvalue weighted by atomic mass is 35.5. The third-order valence-electron chi connectivity index (χ3n) is 5.43. The second-order valence-electron chi connectivity index (χ2n) is 7.82. The predicted octanol–water partition coefficient (Wildman–Crippen LogP) is 6.76. The van der Waals surface area contributed by atoms with Crippen LogP contribution in [-0.4, -0.2) is 22.6 Å². The first-order valence-corrected chi connectivity index (χ1v) is 11.1. The topological polar surface area (TPSA) is 59.1 Å². The van der Waals surface area contributed by atoms with Crippen molar-refractivity contribution in [1.29, 1.82) is 0 Å². The molecule has 1 fully saturated rings. The Kier molecular flexibility index (Phi) is 7.37. The van der Waals surface area contributed by atoms with E-state index in [2.05, 4.69) is 25.3 Å². The molecule has 1 aromatic carbocycles. The number of alkyl halides is 2. The molecule has 0 aliphatic heterocycles. The van der Waals surface area contributed by atoms with E-state index in [-0.39, 0.29) is 5.75 Å². The van der Waals surface area contributed by atoms with Crippen molar-refractivity contribution in [3.8, 4) is 17.0 Å². The lowest BCUT2D eigenvalue weighted by atomic mass is 9.95. The summed E-state index contributed by atoms with van der Waals surface area (Å²) in [6.45, 7) is -2.44. The molecule has 32 heavy (non-hydrogen) atoms. The molecule has 1 aliphatic carbocycles. The van der Waals surface area contributed by atoms with Crippen molar-refractivity contribution >= 4 is 23.2 Å². The van der Waals surface area contributed by atoms with E-state index in [4.69, 9.17) is 11.6 Å². The first-order chi connectivity index (χ1) is 15.6. The Balaban J connectivity index is 1.46. The molecular formula is C24H25ClF2N4O. The van der Waals surface area contributed by atoms with Gasteiger partial charge in [-0.1, -0.05) is 49.1 Å². The molecule has 3 aromatic rings. The van der Waals surface area contributed by atoms with Crippen molar-refractivity contribution in [1.82, 2.24) is 9.97 Å². The van der Waals surface area contributed by atoms with Crippen LogP contribution >= 0.6 is 11.6 Å². The maximum atomic E-state index is 12.4. The van der Waals surface area contributed by atoms with Gasteiger partial charge in [0, 0.05) is 24.3 Å². The fourth-order valence-electron chi connectivity index (χ4n) is 3.88. The normalized spacial score (nSPS) is 14.4. The highest BCUT2D eigenvalue weighted by Gasteiger charge is 2.15. The monoisotopic (exact) mass is 458 g/mol. The van der Waals surface area contributed by atoms with Gasteiger partial charge < -0.3 is 15.4 Å². The molecule has 5 nitrogen and oxygen atoms in total. The molecule has 0 radical (unpaired) electrons. The molecule has 8 heteroatoms. The van der Waals surface area contributed by atoms with Crippen LogP contribution < -0.4 is 15.4 Å². The predicted molar refractivity (Wildman–Crippen MR) is 123 cm³/mol. The average Bonchev–Trinajstić information content (AvgIpc) is 2.80. The minimum absolute atomic E-state index is 0.127. The van der Waals surface area contributed by atoms with Crippen molar-refractivity contribution in [3.63, 3.8) is 0 Å². The van der Waals surface area contributed by atoms with Crippen molar-refractivity contribution in [3.05, 3.63) is 65.3 Å². The number of hydrogen-bond acceptors (Lipinski definition) is 5. The number of hydrogen-bond donors (Lipinski definition) is 2. The van der Waals surface area contributed by atoms with Gasteiger partial charge in [0.1, 0.15) is 17.4 Å². The molecule has 0 unspecified atom stereocenters. The number of anilines is 2. The minimum atomic E-state index is -2.85. The maximum absolute atomic E-state index is 12.4. The van der Waals surface area contributed by atoms with E-state index in [1.54, 1.807) is 18.3 Å². The number of nitrogens with one attached hydrogen (secondary N) is 2. The van der Waals surface area contributed by atoms with E-state index in [9.17, 15) is 8.78 Å². The number of halogens is 3. The average molecular weight is 459 g/mol. The fraction of sp³-hybridized carbons (Fsp3) is 0.333.